The first-order chi connectivity index (χ1) is 13.6. The molecule has 0 aromatic heterocycles. The Bertz CT molecular complexity index is 702. The number of hydrogen-bond acceptors (Lipinski definition) is 5. The minimum absolute atomic E-state index is 0.0703. The predicted molar refractivity (Wildman–Crippen MR) is 113 cm³/mol. The number of carbonyl (C=O) groups excluding carboxylic acids is 1. The second-order valence-electron chi connectivity index (χ2n) is 9.26. The van der Waals surface area contributed by atoms with Crippen LogP contribution in [0.4, 0.5) is 0 Å². The molecule has 0 aromatic rings. The molecule has 1 aliphatic carbocycles. The van der Waals surface area contributed by atoms with Crippen molar-refractivity contribution in [3.05, 3.63) is 23.3 Å². The zero-order valence-electron chi connectivity index (χ0n) is 17.2. The lowest BCUT2D eigenvalue weighted by molar-refractivity contribution is -0.147. The number of rotatable bonds is 3. The van der Waals surface area contributed by atoms with Crippen LogP contribution in [0.3, 0.4) is 0 Å². The fourth-order valence-corrected chi connectivity index (χ4v) is 7.14. The van der Waals surface area contributed by atoms with E-state index in [9.17, 15) is 4.79 Å². The molecule has 0 spiro atoms. The third kappa shape index (κ3) is 3.17. The molecule has 28 heavy (non-hydrogen) atoms. The quantitative estimate of drug-likeness (QED) is 0.674. The van der Waals surface area contributed by atoms with E-state index in [1.165, 1.54) is 43.3 Å². The smallest absolute Gasteiger partial charge is 0.241 e. The van der Waals surface area contributed by atoms with Crippen molar-refractivity contribution in [3.63, 3.8) is 0 Å². The minimum atomic E-state index is -0.197. The van der Waals surface area contributed by atoms with Crippen LogP contribution in [0.2, 0.25) is 0 Å². The highest BCUT2D eigenvalue weighted by Gasteiger charge is 2.52. The summed E-state index contributed by atoms with van der Waals surface area (Å²) in [5, 5.41) is 0. The van der Waals surface area contributed by atoms with Gasteiger partial charge in [-0.3, -0.25) is 4.79 Å². The van der Waals surface area contributed by atoms with E-state index in [0.717, 1.165) is 38.9 Å². The fourth-order valence-electron chi connectivity index (χ4n) is 5.80. The largest absolute Gasteiger partial charge is 0.374 e. The first-order valence-corrected chi connectivity index (χ1v) is 11.8. The maximum atomic E-state index is 13.5. The molecule has 3 fully saturated rings. The zero-order chi connectivity index (χ0) is 19.3. The Labute approximate surface area is 173 Å². The van der Waals surface area contributed by atoms with Crippen molar-refractivity contribution in [1.82, 2.24) is 13.5 Å². The number of hydrogen-bond donors (Lipinski definition) is 0. The van der Waals surface area contributed by atoms with Crippen molar-refractivity contribution in [2.24, 2.45) is 0 Å². The van der Waals surface area contributed by atoms with Crippen molar-refractivity contribution in [1.29, 1.82) is 0 Å². The van der Waals surface area contributed by atoms with Crippen LogP contribution in [0.25, 0.3) is 0 Å². The lowest BCUT2D eigenvalue weighted by Gasteiger charge is -2.56. The van der Waals surface area contributed by atoms with Crippen LogP contribution in [0.5, 0.6) is 0 Å². The lowest BCUT2D eigenvalue weighted by Crippen LogP contribution is -2.68. The van der Waals surface area contributed by atoms with Gasteiger partial charge in [0, 0.05) is 51.3 Å². The first kappa shape index (κ1) is 19.2. The summed E-state index contributed by atoms with van der Waals surface area (Å²) in [5.74, 6) is 0.366. The van der Waals surface area contributed by atoms with Crippen molar-refractivity contribution >= 4 is 18.0 Å². The molecule has 6 heteroatoms. The molecule has 0 N–H and O–H groups in total. The van der Waals surface area contributed by atoms with Crippen LogP contribution in [-0.4, -0.2) is 69.9 Å². The Morgan fingerprint density at radius 1 is 1.14 bits per heavy atom. The van der Waals surface area contributed by atoms with Gasteiger partial charge in [-0.15, -0.1) is 0 Å². The van der Waals surface area contributed by atoms with Gasteiger partial charge in [-0.1, -0.05) is 24.1 Å². The summed E-state index contributed by atoms with van der Waals surface area (Å²) in [4.78, 5) is 15.7. The van der Waals surface area contributed by atoms with E-state index in [1.54, 1.807) is 7.11 Å². The average Bonchev–Trinajstić information content (AvgIpc) is 2.72. The second-order valence-corrected chi connectivity index (χ2v) is 10.4. The Balaban J connectivity index is 1.45. The topological polar surface area (TPSA) is 36.0 Å². The van der Waals surface area contributed by atoms with E-state index in [2.05, 4.69) is 32.6 Å². The van der Waals surface area contributed by atoms with E-state index in [-0.39, 0.29) is 17.7 Å². The summed E-state index contributed by atoms with van der Waals surface area (Å²) >= 11 is 1.88. The molecular formula is C22H33N3O2S. The van der Waals surface area contributed by atoms with Gasteiger partial charge in [-0.05, 0) is 51.0 Å². The van der Waals surface area contributed by atoms with Crippen LogP contribution in [0.15, 0.2) is 23.3 Å². The van der Waals surface area contributed by atoms with Crippen molar-refractivity contribution in [2.75, 3.05) is 26.7 Å². The van der Waals surface area contributed by atoms with Crippen LogP contribution < -0.4 is 0 Å². The van der Waals surface area contributed by atoms with E-state index in [0.29, 0.717) is 11.9 Å². The molecule has 5 aliphatic rings. The minimum Gasteiger partial charge on any atom is -0.374 e. The maximum absolute atomic E-state index is 13.5. The SMILES string of the molecule is COC1(C)C=CC2=C(CCN3C(=O)C4CCCC(C23)N4SN2CCCCC2)C1. The van der Waals surface area contributed by atoms with Gasteiger partial charge in [0.25, 0.3) is 0 Å². The third-order valence-corrected chi connectivity index (χ3v) is 8.74. The number of ether oxygens (including phenoxy) is 1. The van der Waals surface area contributed by atoms with Crippen LogP contribution in [0.1, 0.15) is 58.3 Å². The van der Waals surface area contributed by atoms with Crippen LogP contribution >= 0.6 is 12.1 Å². The van der Waals surface area contributed by atoms with Gasteiger partial charge >= 0.3 is 0 Å². The predicted octanol–water partition coefficient (Wildman–Crippen LogP) is 3.53. The second kappa shape index (κ2) is 7.46. The Morgan fingerprint density at radius 2 is 1.96 bits per heavy atom. The molecule has 3 saturated heterocycles. The van der Waals surface area contributed by atoms with Crippen molar-refractivity contribution in [2.45, 2.75) is 82.0 Å². The van der Waals surface area contributed by atoms with E-state index in [1.807, 2.05) is 12.1 Å². The molecule has 0 aromatic carbocycles. The number of piperidine rings is 2. The highest BCUT2D eigenvalue weighted by atomic mass is 32.2. The van der Waals surface area contributed by atoms with Crippen LogP contribution in [-0.2, 0) is 9.53 Å². The van der Waals surface area contributed by atoms with Crippen LogP contribution in [0, 0.1) is 0 Å². The summed E-state index contributed by atoms with van der Waals surface area (Å²) in [5.41, 5.74) is 2.72. The highest BCUT2D eigenvalue weighted by Crippen LogP contribution is 2.46. The number of methoxy groups -OCH3 is 1. The van der Waals surface area contributed by atoms with Gasteiger partial charge in [0.1, 0.15) is 6.04 Å². The maximum Gasteiger partial charge on any atom is 0.241 e. The standard InChI is InChI=1S/C22H33N3O2S/c1-22(27-2)11-9-17-16(15-22)10-14-24-20(17)18-7-6-8-19(21(24)26)25(18)28-23-12-4-3-5-13-23/h9,11,18-20H,3-8,10,12-15H2,1-2H3. The van der Waals surface area contributed by atoms with Gasteiger partial charge in [0.2, 0.25) is 5.91 Å². The van der Waals surface area contributed by atoms with E-state index < -0.39 is 0 Å². The van der Waals surface area contributed by atoms with Gasteiger partial charge in [-0.25, -0.2) is 8.61 Å². The van der Waals surface area contributed by atoms with E-state index in [4.69, 9.17) is 4.74 Å². The summed E-state index contributed by atoms with van der Waals surface area (Å²) in [7, 11) is 1.80. The van der Waals surface area contributed by atoms with Gasteiger partial charge in [0.15, 0.2) is 0 Å². The molecule has 4 atom stereocenters. The van der Waals surface area contributed by atoms with Crippen molar-refractivity contribution in [3.8, 4) is 0 Å². The van der Waals surface area contributed by atoms with Crippen molar-refractivity contribution < 1.29 is 9.53 Å². The molecule has 2 bridgehead atoms. The number of amides is 1. The molecule has 1 amide bonds. The summed E-state index contributed by atoms with van der Waals surface area (Å²) in [6, 6.07) is 0.730. The molecule has 154 valence electrons. The Morgan fingerprint density at radius 3 is 2.75 bits per heavy atom. The average molecular weight is 404 g/mol. The molecule has 4 heterocycles. The summed E-state index contributed by atoms with van der Waals surface area (Å²) in [6.07, 6.45) is 13.8. The van der Waals surface area contributed by atoms with Gasteiger partial charge in [-0.2, -0.15) is 0 Å². The molecule has 4 aliphatic heterocycles. The van der Waals surface area contributed by atoms with Gasteiger partial charge < -0.3 is 9.64 Å². The summed E-state index contributed by atoms with van der Waals surface area (Å²) < 4.78 is 10.8. The summed E-state index contributed by atoms with van der Waals surface area (Å²) in [6.45, 7) is 5.36. The fraction of sp³-hybridized carbons (Fsp3) is 0.773. The number of nitrogens with zero attached hydrogens (tertiary/aromatic N) is 3. The number of carbonyl (C=O) groups is 1. The molecule has 5 rings (SSSR count). The number of piperazine rings is 1. The first-order valence-electron chi connectivity index (χ1n) is 11.1. The Hall–Kier alpha value is -0.820. The lowest BCUT2D eigenvalue weighted by atomic mass is 9.75. The molecule has 4 unspecified atom stereocenters. The Kier molecular flexibility index (Phi) is 5.10. The zero-order valence-corrected chi connectivity index (χ0v) is 18.0. The highest BCUT2D eigenvalue weighted by molar-refractivity contribution is 7.94. The monoisotopic (exact) mass is 403 g/mol. The molecule has 0 saturated carbocycles. The molecule has 5 nitrogen and oxygen atoms in total. The number of fused-ring (bicyclic) bond motifs is 5. The van der Waals surface area contributed by atoms with Gasteiger partial charge in [0.05, 0.1) is 11.6 Å². The normalized spacial score (nSPS) is 39.1. The van der Waals surface area contributed by atoms with E-state index >= 15 is 0 Å². The third-order valence-electron chi connectivity index (χ3n) is 7.43. The molecule has 0 radical (unpaired) electrons. The molecular weight excluding hydrogens is 370 g/mol.